The Labute approximate surface area is 484 Å². The third-order valence-electron chi connectivity index (χ3n) is 17.4. The topological polar surface area (TPSA) is 220 Å². The molecular formula is C59H71F7N2O13S2. The number of aromatic hydroxyl groups is 1. The summed E-state index contributed by atoms with van der Waals surface area (Å²) in [5.41, 5.74) is -2.52. The fraction of sp³-hybridized carbons (Fsp3) is 0.576. The zero-order valence-electron chi connectivity index (χ0n) is 45.8. The Morgan fingerprint density at radius 2 is 1.01 bits per heavy atom. The number of halogens is 7. The number of benzene rings is 2. The number of fused-ring (bicyclic) bond motifs is 6. The Morgan fingerprint density at radius 1 is 0.590 bits per heavy atom. The van der Waals surface area contributed by atoms with Gasteiger partial charge in [0.1, 0.15) is 42.3 Å². The molecule has 2 aliphatic carbocycles. The number of alkyl halides is 6. The van der Waals surface area contributed by atoms with Gasteiger partial charge in [0.2, 0.25) is 0 Å². The fourth-order valence-corrected chi connectivity index (χ4v) is 14.7. The Balaban J connectivity index is 0.000000194. The highest BCUT2D eigenvalue weighted by molar-refractivity contribution is 7.10. The number of phenolic OH excluding ortho intramolecular Hbond substituents is 1. The molecule has 0 unspecified atom stereocenters. The van der Waals surface area contributed by atoms with E-state index in [4.69, 9.17) is 34.0 Å². The summed E-state index contributed by atoms with van der Waals surface area (Å²) in [5.74, 6) is -5.74. The van der Waals surface area contributed by atoms with Gasteiger partial charge in [-0.2, -0.15) is 26.3 Å². The highest BCUT2D eigenvalue weighted by Crippen LogP contribution is 2.47. The number of thiophene rings is 2. The van der Waals surface area contributed by atoms with Gasteiger partial charge >= 0.3 is 24.3 Å². The number of Topliss-reactive ketones (excluding diaryl/α,β-unsaturated/α-hetero) is 1. The number of nitrogens with zero attached hydrogens (tertiary/aromatic N) is 2. The highest BCUT2D eigenvalue weighted by atomic mass is 32.1. The number of quaternary nitrogens is 2. The van der Waals surface area contributed by atoms with Gasteiger partial charge in [-0.3, -0.25) is 4.79 Å². The third kappa shape index (κ3) is 16.6. The number of esters is 2. The summed E-state index contributed by atoms with van der Waals surface area (Å²) in [6.07, 6.45) is 3.14. The second kappa shape index (κ2) is 28.0. The second-order valence-electron chi connectivity index (χ2n) is 22.7. The lowest BCUT2D eigenvalue weighted by Gasteiger charge is -2.52. The second-order valence-corrected chi connectivity index (χ2v) is 24.6. The minimum absolute atomic E-state index is 0.0376. The van der Waals surface area contributed by atoms with Crippen LogP contribution in [0.4, 0.5) is 30.7 Å². The van der Waals surface area contributed by atoms with Gasteiger partial charge in [0.05, 0.1) is 45.9 Å². The number of aliphatic carboxylic acids is 2. The maximum atomic E-state index is 13.5. The lowest BCUT2D eigenvalue weighted by atomic mass is 9.81. The average Bonchev–Trinajstić information content (AvgIpc) is 4.33. The summed E-state index contributed by atoms with van der Waals surface area (Å²) in [6, 6.07) is 20.2. The van der Waals surface area contributed by atoms with Gasteiger partial charge < -0.3 is 58.3 Å². The number of carbonyl (C=O) groups excluding carboxylic acids is 5. The maximum Gasteiger partial charge on any atom is 0.430 e. The van der Waals surface area contributed by atoms with Crippen LogP contribution in [0, 0.1) is 29.5 Å². The van der Waals surface area contributed by atoms with Crippen molar-refractivity contribution >= 4 is 52.3 Å². The van der Waals surface area contributed by atoms with Gasteiger partial charge in [-0.25, -0.2) is 14.0 Å². The molecule has 8 fully saturated rings. The number of ketones is 1. The molecule has 4 bridgehead atoms. The zero-order valence-corrected chi connectivity index (χ0v) is 47.4. The molecule has 2 aromatic carbocycles. The smallest absolute Gasteiger partial charge is 0.430 e. The van der Waals surface area contributed by atoms with Crippen LogP contribution in [0.2, 0.25) is 0 Å². The Bertz CT molecular complexity index is 2730. The molecule has 24 heteroatoms. The number of phenols is 1. The fourth-order valence-electron chi connectivity index (χ4n) is 12.9. The van der Waals surface area contributed by atoms with Crippen molar-refractivity contribution in [3.8, 4) is 11.5 Å². The van der Waals surface area contributed by atoms with Gasteiger partial charge in [-0.15, -0.1) is 22.7 Å². The first kappa shape index (κ1) is 64.9. The predicted octanol–water partition coefficient (Wildman–Crippen LogP) is 8.13. The minimum Gasteiger partial charge on any atom is -0.542 e. The molecule has 2 aromatic heterocycles. The lowest BCUT2D eigenvalue weighted by molar-refractivity contribution is -0.946. The van der Waals surface area contributed by atoms with E-state index in [0.29, 0.717) is 41.1 Å². The van der Waals surface area contributed by atoms with Crippen molar-refractivity contribution in [3.63, 3.8) is 0 Å². The average molecular weight is 1210 g/mol. The quantitative estimate of drug-likeness (QED) is 0.0282. The molecule has 2 saturated carbocycles. The monoisotopic (exact) mass is 1210 g/mol. The largest absolute Gasteiger partial charge is 0.542 e. The van der Waals surface area contributed by atoms with Crippen molar-refractivity contribution in [2.24, 2.45) is 23.7 Å². The molecular weight excluding hydrogens is 1140 g/mol. The molecule has 6 saturated heterocycles. The van der Waals surface area contributed by atoms with E-state index in [1.807, 2.05) is 41.1 Å². The third-order valence-corrected chi connectivity index (χ3v) is 19.4. The standard InChI is InChI=1S/C28H35FNO4S.C27H35NO5S.2C2HF3O2/c29-23-11-9-20(10-12-23)24(31)7-3-15-30-16-13-21(14-17-30)25(19-30)34-27(32)28(33,22-5-1-2-6-22)26-8-4-18-35-26;29-22-8-3-9-23(18-22)32-16-5-13-28-14-11-20(12-15-28)24(19-28)33-26(30)27(31,21-6-1-2-7-21)25-10-4-17-34-25;2*3-2(4,5)1(6)7/h4,8-12,18,21-22,25,33H,1-3,5-7,13-17,19H2;3-4,8-10,17-18,20-21,24,31H,1-2,5-7,11-16,19H2;2*(H,6,7)/q+1;;;/p-1/t21?,25-,28+,30?;20?,24-,27+,28?;;/m00../s1. The summed E-state index contributed by atoms with van der Waals surface area (Å²) in [7, 11) is 0. The molecule has 4 aromatic rings. The number of hydrogen-bond acceptors (Lipinski definition) is 15. The first-order valence-corrected chi connectivity index (χ1v) is 29.9. The summed E-state index contributed by atoms with van der Waals surface area (Å²) in [6.45, 7) is 8.34. The van der Waals surface area contributed by atoms with E-state index in [1.165, 1.54) is 34.8 Å². The van der Waals surface area contributed by atoms with Crippen LogP contribution in [0.5, 0.6) is 11.5 Å². The van der Waals surface area contributed by atoms with Crippen molar-refractivity contribution in [3.05, 3.63) is 105 Å². The number of aliphatic hydroxyl groups is 2. The molecule has 8 aliphatic rings. The molecule has 0 amide bonds. The molecule has 83 heavy (non-hydrogen) atoms. The van der Waals surface area contributed by atoms with Crippen LogP contribution in [-0.4, -0.2) is 137 Å². The van der Waals surface area contributed by atoms with Crippen LogP contribution in [0.25, 0.3) is 0 Å². The van der Waals surface area contributed by atoms with Crippen LogP contribution >= 0.6 is 22.7 Å². The normalized spacial score (nSPS) is 25.4. The molecule has 0 radical (unpaired) electrons. The summed E-state index contributed by atoms with van der Waals surface area (Å²) >= 11 is 2.88. The number of carbonyl (C=O) groups is 5. The van der Waals surface area contributed by atoms with Crippen LogP contribution in [0.1, 0.15) is 116 Å². The van der Waals surface area contributed by atoms with Crippen LogP contribution in [0.15, 0.2) is 83.6 Å². The predicted molar refractivity (Wildman–Crippen MR) is 285 cm³/mol. The van der Waals surface area contributed by atoms with Crippen molar-refractivity contribution in [1.29, 1.82) is 0 Å². The minimum atomic E-state index is -5.19. The SMILES string of the molecule is O=C(CCC[N+]12CCC(CC1)[C@@H](OC(=O)[C@](O)(c1cccs1)C1CCCC1)C2)c1ccc(F)cc1.O=C(O[C@H]1C[N+]2(CCCOc3cccc(O)c3)CCC1CC2)[C@](O)(c1cccs1)C1CCCC1.O=C([O-])C(F)(F)F.O=C([O-])C(F)(F)F. The number of carboxylic acid groups (broad SMARTS) is 2. The lowest BCUT2D eigenvalue weighted by Crippen LogP contribution is -2.65. The first-order chi connectivity index (χ1) is 39.3. The van der Waals surface area contributed by atoms with Crippen LogP contribution in [0.3, 0.4) is 0 Å². The number of hydrogen-bond donors (Lipinski definition) is 3. The molecule has 456 valence electrons. The van der Waals surface area contributed by atoms with Crippen molar-refractivity contribution in [2.75, 3.05) is 59.0 Å². The summed E-state index contributed by atoms with van der Waals surface area (Å²) < 4.78 is 96.2. The van der Waals surface area contributed by atoms with E-state index >= 15 is 0 Å². The molecule has 4 atom stereocenters. The number of ether oxygens (including phenoxy) is 3. The van der Waals surface area contributed by atoms with Crippen LogP contribution in [-0.2, 0) is 39.9 Å². The molecule has 6 aliphatic heterocycles. The Morgan fingerprint density at radius 3 is 1.40 bits per heavy atom. The van der Waals surface area contributed by atoms with Crippen molar-refractivity contribution in [1.82, 2.24) is 0 Å². The van der Waals surface area contributed by atoms with E-state index in [1.54, 1.807) is 30.3 Å². The summed E-state index contributed by atoms with van der Waals surface area (Å²) in [4.78, 5) is 58.6. The Hall–Kier alpha value is -5.66. The van der Waals surface area contributed by atoms with Crippen molar-refractivity contribution < 1.29 is 103 Å². The molecule has 3 N–H and O–H groups in total. The van der Waals surface area contributed by atoms with E-state index < -0.39 is 47.4 Å². The number of piperidine rings is 6. The molecule has 0 spiro atoms. The van der Waals surface area contributed by atoms with Gasteiger partial charge in [0.25, 0.3) is 0 Å². The molecule has 15 nitrogen and oxygen atoms in total. The zero-order chi connectivity index (χ0) is 60.2. The maximum absolute atomic E-state index is 13.5. The van der Waals surface area contributed by atoms with E-state index in [9.17, 15) is 60.4 Å². The summed E-state index contributed by atoms with van der Waals surface area (Å²) in [5, 5.41) is 54.4. The highest BCUT2D eigenvalue weighted by Gasteiger charge is 2.55. The van der Waals surface area contributed by atoms with Gasteiger partial charge in [0, 0.05) is 90.0 Å². The van der Waals surface area contributed by atoms with E-state index in [-0.39, 0.29) is 41.4 Å². The van der Waals surface area contributed by atoms with Gasteiger partial charge in [-0.1, -0.05) is 43.9 Å². The van der Waals surface area contributed by atoms with Gasteiger partial charge in [-0.05, 0) is 85.0 Å². The molecule has 12 rings (SSSR count). The van der Waals surface area contributed by atoms with E-state index in [0.717, 1.165) is 156 Å². The van der Waals surface area contributed by atoms with Gasteiger partial charge in [0.15, 0.2) is 29.2 Å². The number of rotatable bonds is 18. The van der Waals surface area contributed by atoms with E-state index in [2.05, 4.69) is 0 Å². The molecule has 8 heterocycles. The van der Waals surface area contributed by atoms with Crippen LogP contribution < -0.4 is 14.9 Å². The Kier molecular flexibility index (Phi) is 21.9. The van der Waals surface area contributed by atoms with Crippen molar-refractivity contribution in [2.45, 2.75) is 132 Å². The number of carboxylic acids is 2. The first-order valence-electron chi connectivity index (χ1n) is 28.2.